The zero-order valence-electron chi connectivity index (χ0n) is 25.2. The molecule has 0 amide bonds. The fourth-order valence-electron chi connectivity index (χ4n) is 5.43. The lowest BCUT2D eigenvalue weighted by Gasteiger charge is -2.33. The Balaban J connectivity index is 2.15. The molecule has 0 aromatic heterocycles. The Morgan fingerprint density at radius 2 is 0.654 bits per heavy atom. The van der Waals surface area contributed by atoms with Gasteiger partial charge in [-0.3, -0.25) is 4.48 Å². The second-order valence-electron chi connectivity index (χ2n) is 11.2. The van der Waals surface area contributed by atoms with E-state index in [0.717, 1.165) is 14.1 Å². The molecule has 19 heteroatoms. The van der Waals surface area contributed by atoms with Crippen LogP contribution in [0, 0.1) is 87.3 Å². The second-order valence-corrected chi connectivity index (χ2v) is 11.2. The van der Waals surface area contributed by atoms with Crippen molar-refractivity contribution in [2.24, 2.45) is 0 Å². The number of rotatable bonds is 5. The Morgan fingerprint density at radius 3 is 1.00 bits per heavy atom. The molecule has 0 aliphatic carbocycles. The second kappa shape index (κ2) is 12.8. The predicted octanol–water partition coefficient (Wildman–Crippen LogP) is 11.7. The van der Waals surface area contributed by atoms with Crippen LogP contribution in [0.1, 0.15) is 5.56 Å². The molecule has 0 bridgehead atoms. The van der Waals surface area contributed by atoms with E-state index < -0.39 is 148 Å². The van der Waals surface area contributed by atoms with E-state index >= 15 is 26.3 Å². The Morgan fingerprint density at radius 1 is 0.346 bits per heavy atom. The van der Waals surface area contributed by atoms with Crippen molar-refractivity contribution in [2.45, 2.75) is 6.18 Å². The molecular weight excluding hydrogens is 752 g/mol. The molecule has 5 aromatic carbocycles. The standard InChI is InChI=1S/C33H12F18N/c1-52(2,10-5-3-9(4-6-10)33(49,50)51)12-8-7-11(14-18(34)24(40)30(46)25(41)19(14)35)13(16-20(36)26(42)31(47)27(43)21(16)37)15(12)17-22(38)28(44)32(48)29(45)23(17)39/h3-8H,1-2H3/q+1. The topological polar surface area (TPSA) is 0 Å². The van der Waals surface area contributed by atoms with Gasteiger partial charge in [-0.2, -0.15) is 13.2 Å². The number of hydrogen-bond donors (Lipinski definition) is 0. The molecule has 0 spiro atoms. The van der Waals surface area contributed by atoms with Crippen LogP contribution in [-0.2, 0) is 6.18 Å². The first kappa shape index (κ1) is 38.0. The summed E-state index contributed by atoms with van der Waals surface area (Å²) in [6, 6.07) is 2.75. The van der Waals surface area contributed by atoms with E-state index in [4.69, 9.17) is 0 Å². The number of hydrogen-bond acceptors (Lipinski definition) is 0. The van der Waals surface area contributed by atoms with E-state index in [1.807, 2.05) is 0 Å². The van der Waals surface area contributed by atoms with Gasteiger partial charge in [0.05, 0.1) is 41.9 Å². The number of nitrogens with zero attached hydrogens (tertiary/aromatic N) is 1. The third-order valence-corrected chi connectivity index (χ3v) is 8.02. The molecule has 5 aromatic rings. The molecule has 0 N–H and O–H groups in total. The average molecular weight is 764 g/mol. The van der Waals surface area contributed by atoms with Crippen molar-refractivity contribution in [2.75, 3.05) is 14.1 Å². The zero-order chi connectivity index (χ0) is 39.1. The molecule has 0 aliphatic rings. The van der Waals surface area contributed by atoms with Crippen LogP contribution in [0.5, 0.6) is 0 Å². The predicted molar refractivity (Wildman–Crippen MR) is 147 cm³/mol. The normalized spacial score (nSPS) is 12.2. The third-order valence-electron chi connectivity index (χ3n) is 8.02. The van der Waals surface area contributed by atoms with E-state index in [1.165, 1.54) is 0 Å². The summed E-state index contributed by atoms with van der Waals surface area (Å²) in [5.74, 6) is -43.1. The highest BCUT2D eigenvalue weighted by Crippen LogP contribution is 2.53. The van der Waals surface area contributed by atoms with Crippen LogP contribution < -0.4 is 4.48 Å². The van der Waals surface area contributed by atoms with Crippen LogP contribution in [-0.4, -0.2) is 14.1 Å². The van der Waals surface area contributed by atoms with Crippen molar-refractivity contribution in [3.8, 4) is 33.4 Å². The highest BCUT2D eigenvalue weighted by atomic mass is 19.4. The molecular formula is C33H12F18N+. The number of quaternary nitrogens is 1. The summed E-state index contributed by atoms with van der Waals surface area (Å²) in [6.45, 7) is 0. The lowest BCUT2D eigenvalue weighted by Crippen LogP contribution is -2.35. The van der Waals surface area contributed by atoms with Crippen molar-refractivity contribution < 1.29 is 79.0 Å². The van der Waals surface area contributed by atoms with Crippen LogP contribution in [0.15, 0.2) is 36.4 Å². The molecule has 0 unspecified atom stereocenters. The maximum absolute atomic E-state index is 15.7. The molecule has 1 nitrogen and oxygen atoms in total. The highest BCUT2D eigenvalue weighted by molar-refractivity contribution is 6.01. The summed E-state index contributed by atoms with van der Waals surface area (Å²) in [5, 5.41) is 0. The zero-order valence-corrected chi connectivity index (χ0v) is 25.2. The maximum atomic E-state index is 15.7. The Labute approximate surface area is 278 Å². The molecule has 0 heterocycles. The Bertz CT molecular complexity index is 2220. The summed E-state index contributed by atoms with van der Waals surface area (Å²) in [6.07, 6.45) is -4.97. The summed E-state index contributed by atoms with van der Waals surface area (Å²) < 4.78 is 262. The SMILES string of the molecule is C[N+](C)(c1ccc(C(F)(F)F)cc1)c1ccc(-c2c(F)c(F)c(F)c(F)c2F)c(-c2c(F)c(F)c(F)c(F)c2F)c1-c1c(F)c(F)c(F)c(F)c1F. The van der Waals surface area contributed by atoms with Gasteiger partial charge in [-0.25, -0.2) is 65.9 Å². The number of benzene rings is 5. The van der Waals surface area contributed by atoms with Crippen molar-refractivity contribution in [1.82, 2.24) is 4.48 Å². The largest absolute Gasteiger partial charge is 0.416 e. The van der Waals surface area contributed by atoms with Gasteiger partial charge in [-0.1, -0.05) is 0 Å². The van der Waals surface area contributed by atoms with E-state index in [-0.39, 0.29) is 6.07 Å². The van der Waals surface area contributed by atoms with Gasteiger partial charge in [0, 0.05) is 23.8 Å². The molecule has 0 saturated heterocycles. The minimum absolute atomic E-state index is 0.181. The number of halogens is 18. The lowest BCUT2D eigenvalue weighted by molar-refractivity contribution is -0.137. The van der Waals surface area contributed by atoms with Crippen molar-refractivity contribution in [3.63, 3.8) is 0 Å². The fraction of sp³-hybridized carbons (Fsp3) is 0.0909. The molecule has 52 heavy (non-hydrogen) atoms. The van der Waals surface area contributed by atoms with E-state index in [2.05, 4.69) is 0 Å². The highest BCUT2D eigenvalue weighted by Gasteiger charge is 2.41. The van der Waals surface area contributed by atoms with Gasteiger partial charge in [0.2, 0.25) is 17.5 Å². The van der Waals surface area contributed by atoms with E-state index in [9.17, 15) is 52.7 Å². The molecule has 0 atom stereocenters. The van der Waals surface area contributed by atoms with Crippen LogP contribution in [0.4, 0.5) is 90.4 Å². The smallest absolute Gasteiger partial charge is 0.263 e. The van der Waals surface area contributed by atoms with Gasteiger partial charge in [0.15, 0.2) is 69.8 Å². The van der Waals surface area contributed by atoms with Gasteiger partial charge in [0.1, 0.15) is 11.4 Å². The van der Waals surface area contributed by atoms with Gasteiger partial charge in [0.25, 0.3) is 0 Å². The minimum atomic E-state index is -4.97. The lowest BCUT2D eigenvalue weighted by atomic mass is 9.84. The fourth-order valence-corrected chi connectivity index (χ4v) is 5.43. The summed E-state index contributed by atoms with van der Waals surface area (Å²) in [7, 11) is 1.77. The molecule has 0 fully saturated rings. The van der Waals surface area contributed by atoms with Crippen LogP contribution >= 0.6 is 0 Å². The summed E-state index contributed by atoms with van der Waals surface area (Å²) >= 11 is 0. The first-order valence-corrected chi connectivity index (χ1v) is 13.7. The molecule has 274 valence electrons. The minimum Gasteiger partial charge on any atom is -0.263 e. The summed E-state index contributed by atoms with van der Waals surface area (Å²) in [5.41, 5.74) is -15.5. The third kappa shape index (κ3) is 5.61. The molecule has 0 aliphatic heterocycles. The van der Waals surface area contributed by atoms with Crippen molar-refractivity contribution >= 4 is 11.4 Å². The first-order chi connectivity index (χ1) is 24.0. The van der Waals surface area contributed by atoms with Gasteiger partial charge in [-0.15, -0.1) is 0 Å². The van der Waals surface area contributed by atoms with Crippen LogP contribution in [0.25, 0.3) is 33.4 Å². The first-order valence-electron chi connectivity index (χ1n) is 13.7. The van der Waals surface area contributed by atoms with Crippen LogP contribution in [0.2, 0.25) is 0 Å². The van der Waals surface area contributed by atoms with Crippen LogP contribution in [0.3, 0.4) is 0 Å². The average Bonchev–Trinajstić information content (AvgIpc) is 3.10. The summed E-state index contributed by atoms with van der Waals surface area (Å²) in [4.78, 5) is 0. The van der Waals surface area contributed by atoms with Gasteiger partial charge in [-0.05, 0) is 23.8 Å². The molecule has 0 saturated carbocycles. The Hall–Kier alpha value is -5.20. The monoisotopic (exact) mass is 764 g/mol. The van der Waals surface area contributed by atoms with E-state index in [0.29, 0.717) is 30.3 Å². The van der Waals surface area contributed by atoms with Gasteiger partial charge >= 0.3 is 6.18 Å². The van der Waals surface area contributed by atoms with E-state index in [1.54, 1.807) is 0 Å². The maximum Gasteiger partial charge on any atom is 0.416 e. The molecule has 0 radical (unpaired) electrons. The quantitative estimate of drug-likeness (QED) is 0.0724. The number of alkyl halides is 3. The molecule has 5 rings (SSSR count). The van der Waals surface area contributed by atoms with Crippen molar-refractivity contribution in [1.29, 1.82) is 0 Å². The Kier molecular flexibility index (Phi) is 9.35. The van der Waals surface area contributed by atoms with Crippen molar-refractivity contribution in [3.05, 3.63) is 129 Å². The van der Waals surface area contributed by atoms with Gasteiger partial charge < -0.3 is 0 Å².